The smallest absolute Gasteiger partial charge is 0.244 e. The van der Waals surface area contributed by atoms with Crippen LogP contribution in [-0.4, -0.2) is 34.6 Å². The maximum atomic E-state index is 12.9. The third kappa shape index (κ3) is 4.12. The molecule has 6 heteroatoms. The zero-order valence-corrected chi connectivity index (χ0v) is 18.8. The molecule has 0 aromatic heterocycles. The number of rotatable bonds is 5. The molecule has 0 radical (unpaired) electrons. The summed E-state index contributed by atoms with van der Waals surface area (Å²) in [6, 6.07) is 7.50. The van der Waals surface area contributed by atoms with Crippen molar-refractivity contribution in [2.24, 2.45) is 17.3 Å². The lowest BCUT2D eigenvalue weighted by molar-refractivity contribution is -0.139. The van der Waals surface area contributed by atoms with Gasteiger partial charge in [0.15, 0.2) is 0 Å². The van der Waals surface area contributed by atoms with E-state index in [0.29, 0.717) is 6.42 Å². The number of amides is 2. The molecule has 4 fully saturated rings. The van der Waals surface area contributed by atoms with Crippen LogP contribution in [0.2, 0.25) is 0 Å². The lowest BCUT2D eigenvalue weighted by Crippen LogP contribution is -2.54. The fourth-order valence-electron chi connectivity index (χ4n) is 6.05. The van der Waals surface area contributed by atoms with Gasteiger partial charge in [0.2, 0.25) is 11.8 Å². The lowest BCUT2D eigenvalue weighted by Gasteiger charge is -2.60. The highest BCUT2D eigenvalue weighted by Crippen LogP contribution is 2.65. The highest BCUT2D eigenvalue weighted by Gasteiger charge is 2.57. The number of alkyl halides is 1. The van der Waals surface area contributed by atoms with E-state index in [2.05, 4.69) is 37.2 Å². The predicted octanol–water partition coefficient (Wildman–Crippen LogP) is 4.97. The third-order valence-electron chi connectivity index (χ3n) is 6.59. The Bertz CT molecular complexity index is 752. The Balaban J connectivity index is 1.36. The first-order chi connectivity index (χ1) is 12.8. The average molecular weight is 498 g/mol. The molecule has 2 amide bonds. The number of nitrogens with zero attached hydrogens (tertiary/aromatic N) is 1. The second kappa shape index (κ2) is 7.18. The molecule has 1 aromatic carbocycles. The molecule has 27 heavy (non-hydrogen) atoms. The van der Waals surface area contributed by atoms with E-state index in [1.54, 1.807) is 11.9 Å². The molecular formula is C21H26Br2N2O2. The first kappa shape index (κ1) is 19.4. The topological polar surface area (TPSA) is 49.4 Å². The summed E-state index contributed by atoms with van der Waals surface area (Å²) in [7, 11) is 1.74. The highest BCUT2D eigenvalue weighted by molar-refractivity contribution is 9.10. The highest BCUT2D eigenvalue weighted by atomic mass is 79.9. The molecule has 0 saturated heterocycles. The first-order valence-electron chi connectivity index (χ1n) is 9.73. The number of para-hydroxylation sites is 1. The fourth-order valence-corrected chi connectivity index (χ4v) is 7.95. The Morgan fingerprint density at radius 1 is 1.19 bits per heavy atom. The quantitative estimate of drug-likeness (QED) is 0.584. The molecule has 0 aliphatic heterocycles. The average Bonchev–Trinajstić information content (AvgIpc) is 2.54. The van der Waals surface area contributed by atoms with Crippen molar-refractivity contribution in [2.75, 3.05) is 18.9 Å². The van der Waals surface area contributed by atoms with Crippen molar-refractivity contribution in [3.05, 3.63) is 28.7 Å². The molecule has 4 saturated carbocycles. The van der Waals surface area contributed by atoms with Crippen LogP contribution in [0.15, 0.2) is 28.7 Å². The molecule has 0 spiro atoms. The molecule has 4 aliphatic rings. The van der Waals surface area contributed by atoms with Gasteiger partial charge in [-0.25, -0.2) is 0 Å². The number of carbonyl (C=O) groups excluding carboxylic acids is 2. The van der Waals surface area contributed by atoms with Gasteiger partial charge in [0.25, 0.3) is 0 Å². The lowest BCUT2D eigenvalue weighted by atomic mass is 9.48. The molecule has 1 aromatic rings. The maximum Gasteiger partial charge on any atom is 0.244 e. The Kier molecular flexibility index (Phi) is 5.17. The van der Waals surface area contributed by atoms with Gasteiger partial charge >= 0.3 is 0 Å². The van der Waals surface area contributed by atoms with Gasteiger partial charge in [-0.05, 0) is 83.8 Å². The Morgan fingerprint density at radius 3 is 2.48 bits per heavy atom. The zero-order chi connectivity index (χ0) is 19.2. The summed E-state index contributed by atoms with van der Waals surface area (Å²) in [4.78, 5) is 26.9. The van der Waals surface area contributed by atoms with Crippen LogP contribution < -0.4 is 5.32 Å². The molecule has 4 nitrogen and oxygen atoms in total. The summed E-state index contributed by atoms with van der Waals surface area (Å²) in [6.45, 7) is 0.0859. The van der Waals surface area contributed by atoms with Crippen LogP contribution in [0.25, 0.3) is 0 Å². The molecule has 146 valence electrons. The summed E-state index contributed by atoms with van der Waals surface area (Å²) >= 11 is 7.44. The van der Waals surface area contributed by atoms with Crippen LogP contribution in [0.4, 0.5) is 5.69 Å². The van der Waals surface area contributed by atoms with Gasteiger partial charge in [0, 0.05) is 22.3 Å². The van der Waals surface area contributed by atoms with Crippen LogP contribution in [0.1, 0.15) is 44.9 Å². The second-order valence-electron chi connectivity index (χ2n) is 9.07. The number of hydrogen-bond acceptors (Lipinski definition) is 2. The standard InChI is InChI=1S/C21H26Br2N2O2/c1-25(12-18(26)24-17-5-3-2-4-16(17)22)19(27)11-20-7-14-6-15(8-20)10-21(23,9-14)13-20/h2-5,14-15H,6-13H2,1H3,(H,24,26). The molecule has 5 rings (SSSR count). The van der Waals surface area contributed by atoms with E-state index in [1.807, 2.05) is 24.3 Å². The van der Waals surface area contributed by atoms with Crippen molar-refractivity contribution >= 4 is 49.4 Å². The fraction of sp³-hybridized carbons (Fsp3) is 0.619. The molecule has 2 atom stereocenters. The monoisotopic (exact) mass is 496 g/mol. The number of likely N-dealkylation sites (N-methyl/N-ethyl adjacent to an activating group) is 1. The van der Waals surface area contributed by atoms with Gasteiger partial charge < -0.3 is 10.2 Å². The first-order valence-corrected chi connectivity index (χ1v) is 11.3. The van der Waals surface area contributed by atoms with E-state index in [1.165, 1.54) is 32.1 Å². The number of benzene rings is 1. The normalized spacial score (nSPS) is 33.7. The number of carbonyl (C=O) groups is 2. The number of hydrogen-bond donors (Lipinski definition) is 1. The van der Waals surface area contributed by atoms with E-state index in [9.17, 15) is 9.59 Å². The van der Waals surface area contributed by atoms with Gasteiger partial charge in [0.05, 0.1) is 12.2 Å². The second-order valence-corrected chi connectivity index (χ2v) is 11.6. The van der Waals surface area contributed by atoms with Gasteiger partial charge in [-0.3, -0.25) is 9.59 Å². The molecule has 2 unspecified atom stereocenters. The SMILES string of the molecule is CN(CC(=O)Nc1ccccc1Br)C(=O)CC12CC3CC(CC(Br)(C3)C1)C2. The minimum atomic E-state index is -0.166. The van der Waals surface area contributed by atoms with Crippen LogP contribution in [0.3, 0.4) is 0 Å². The third-order valence-corrected chi connectivity index (χ3v) is 8.21. The van der Waals surface area contributed by atoms with Crippen LogP contribution >= 0.6 is 31.9 Å². The number of halogens is 2. The van der Waals surface area contributed by atoms with E-state index in [-0.39, 0.29) is 28.1 Å². The van der Waals surface area contributed by atoms with Crippen LogP contribution in [0, 0.1) is 17.3 Å². The van der Waals surface area contributed by atoms with Crippen molar-refractivity contribution in [3.63, 3.8) is 0 Å². The molecule has 1 N–H and O–H groups in total. The summed E-state index contributed by atoms with van der Waals surface area (Å²) in [5, 5.41) is 2.87. The van der Waals surface area contributed by atoms with Gasteiger partial charge in [-0.15, -0.1) is 0 Å². The minimum absolute atomic E-state index is 0.0859. The molecule has 0 heterocycles. The zero-order valence-electron chi connectivity index (χ0n) is 15.6. The van der Waals surface area contributed by atoms with E-state index in [4.69, 9.17) is 0 Å². The van der Waals surface area contributed by atoms with E-state index >= 15 is 0 Å². The van der Waals surface area contributed by atoms with Crippen LogP contribution in [-0.2, 0) is 9.59 Å². The van der Waals surface area contributed by atoms with Gasteiger partial charge in [-0.1, -0.05) is 28.1 Å². The summed E-state index contributed by atoms with van der Waals surface area (Å²) in [5.74, 6) is 1.46. The predicted molar refractivity (Wildman–Crippen MR) is 114 cm³/mol. The summed E-state index contributed by atoms with van der Waals surface area (Å²) < 4.78 is 1.09. The van der Waals surface area contributed by atoms with Crippen molar-refractivity contribution < 1.29 is 9.59 Å². The molecule has 4 bridgehead atoms. The van der Waals surface area contributed by atoms with Gasteiger partial charge in [-0.2, -0.15) is 0 Å². The van der Waals surface area contributed by atoms with Crippen molar-refractivity contribution in [3.8, 4) is 0 Å². The van der Waals surface area contributed by atoms with E-state index in [0.717, 1.165) is 28.4 Å². The Labute approximate surface area is 177 Å². The summed E-state index contributed by atoms with van der Waals surface area (Å²) in [6.07, 6.45) is 7.92. The Morgan fingerprint density at radius 2 is 1.85 bits per heavy atom. The number of nitrogens with one attached hydrogen (secondary N) is 1. The summed E-state index contributed by atoms with van der Waals surface area (Å²) in [5.41, 5.74) is 0.864. The van der Waals surface area contributed by atoms with Gasteiger partial charge in [0.1, 0.15) is 0 Å². The Hall–Kier alpha value is -0.880. The maximum absolute atomic E-state index is 12.9. The molecule has 4 aliphatic carbocycles. The molecular weight excluding hydrogens is 472 g/mol. The number of anilines is 1. The van der Waals surface area contributed by atoms with Crippen molar-refractivity contribution in [1.29, 1.82) is 0 Å². The minimum Gasteiger partial charge on any atom is -0.336 e. The van der Waals surface area contributed by atoms with E-state index < -0.39 is 0 Å². The van der Waals surface area contributed by atoms with Crippen molar-refractivity contribution in [1.82, 2.24) is 4.90 Å². The largest absolute Gasteiger partial charge is 0.336 e. The van der Waals surface area contributed by atoms with Crippen LogP contribution in [0.5, 0.6) is 0 Å². The van der Waals surface area contributed by atoms with Crippen molar-refractivity contribution in [2.45, 2.75) is 49.3 Å².